The first-order chi connectivity index (χ1) is 10.3. The van der Waals surface area contributed by atoms with Gasteiger partial charge in [0.1, 0.15) is 5.75 Å². The summed E-state index contributed by atoms with van der Waals surface area (Å²) in [5.41, 5.74) is 2.32. The van der Waals surface area contributed by atoms with E-state index in [1.165, 1.54) is 4.90 Å². The maximum Gasteiger partial charge on any atom is 0.242 e. The van der Waals surface area contributed by atoms with E-state index in [1.807, 2.05) is 13.0 Å². The molecule has 2 rings (SSSR count). The van der Waals surface area contributed by atoms with Crippen molar-refractivity contribution in [1.82, 2.24) is 0 Å². The first kappa shape index (κ1) is 16.2. The minimum atomic E-state index is -3.65. The number of carbonyl (C=O) groups excluding carboxylic acids is 1. The lowest BCUT2D eigenvalue weighted by atomic mass is 10.2. The summed E-state index contributed by atoms with van der Waals surface area (Å²) >= 11 is 0. The molecule has 0 fully saturated rings. The van der Waals surface area contributed by atoms with Crippen LogP contribution in [0.4, 0.5) is 5.69 Å². The van der Waals surface area contributed by atoms with Gasteiger partial charge < -0.3 is 4.90 Å². The number of carbonyl (C=O) groups is 1. The summed E-state index contributed by atoms with van der Waals surface area (Å²) in [5, 5.41) is 0. The maximum atomic E-state index is 12.5. The van der Waals surface area contributed by atoms with Crippen LogP contribution in [0.2, 0.25) is 0 Å². The third-order valence-corrected chi connectivity index (χ3v) is 5.25. The van der Waals surface area contributed by atoms with Crippen molar-refractivity contribution in [2.45, 2.75) is 18.7 Å². The number of anilines is 1. The molecule has 0 spiro atoms. The van der Waals surface area contributed by atoms with Crippen molar-refractivity contribution in [1.29, 1.82) is 0 Å². The fourth-order valence-electron chi connectivity index (χ4n) is 2.28. The van der Waals surface area contributed by atoms with Gasteiger partial charge in [0.15, 0.2) is 9.84 Å². The zero-order valence-corrected chi connectivity index (χ0v) is 13.7. The number of hydrogen-bond donors (Lipinski definition) is 0. The average molecular weight is 317 g/mol. The zero-order valence-electron chi connectivity index (χ0n) is 12.9. The zero-order chi connectivity index (χ0) is 16.3. The van der Waals surface area contributed by atoms with Gasteiger partial charge in [-0.3, -0.25) is 4.79 Å². The highest BCUT2D eigenvalue weighted by molar-refractivity contribution is 7.92. The van der Waals surface area contributed by atoms with Crippen LogP contribution < -0.4 is 4.90 Å². The monoisotopic (exact) mass is 317 g/mol. The van der Waals surface area contributed by atoms with E-state index in [1.54, 1.807) is 56.4 Å². The summed E-state index contributed by atoms with van der Waals surface area (Å²) in [4.78, 5) is 13.8. The average Bonchev–Trinajstić information content (AvgIpc) is 2.46. The molecular weight excluding hydrogens is 298 g/mol. The van der Waals surface area contributed by atoms with Gasteiger partial charge in [-0.05, 0) is 37.6 Å². The van der Waals surface area contributed by atoms with E-state index in [0.29, 0.717) is 11.3 Å². The Kier molecular flexibility index (Phi) is 4.66. The minimum Gasteiger partial charge on any atom is -0.315 e. The van der Waals surface area contributed by atoms with Gasteiger partial charge in [-0.25, -0.2) is 8.42 Å². The number of hydrogen-bond acceptors (Lipinski definition) is 3. The van der Waals surface area contributed by atoms with Gasteiger partial charge in [0.05, 0.1) is 4.90 Å². The van der Waals surface area contributed by atoms with Gasteiger partial charge in [0, 0.05) is 12.7 Å². The predicted octanol–water partition coefficient (Wildman–Crippen LogP) is 2.74. The smallest absolute Gasteiger partial charge is 0.242 e. The molecule has 5 heteroatoms. The van der Waals surface area contributed by atoms with Gasteiger partial charge in [0.2, 0.25) is 5.91 Å². The highest BCUT2D eigenvalue weighted by Gasteiger charge is 2.23. The first-order valence-corrected chi connectivity index (χ1v) is 8.58. The molecule has 4 nitrogen and oxygen atoms in total. The summed E-state index contributed by atoms with van der Waals surface area (Å²) in [5.74, 6) is -0.992. The van der Waals surface area contributed by atoms with Crippen LogP contribution in [0.25, 0.3) is 0 Å². The second-order valence-corrected chi connectivity index (χ2v) is 7.27. The molecule has 0 aromatic heterocycles. The molecule has 0 unspecified atom stereocenters. The van der Waals surface area contributed by atoms with Crippen LogP contribution in [0.1, 0.15) is 11.1 Å². The van der Waals surface area contributed by atoms with E-state index in [2.05, 4.69) is 0 Å². The van der Waals surface area contributed by atoms with E-state index in [-0.39, 0.29) is 4.90 Å². The van der Waals surface area contributed by atoms with E-state index >= 15 is 0 Å². The van der Waals surface area contributed by atoms with Crippen LogP contribution in [0, 0.1) is 13.8 Å². The van der Waals surface area contributed by atoms with Crippen molar-refractivity contribution in [3.63, 3.8) is 0 Å². The molecular formula is C17H19NO3S. The highest BCUT2D eigenvalue weighted by atomic mass is 32.2. The molecule has 2 aromatic carbocycles. The first-order valence-electron chi connectivity index (χ1n) is 6.93. The Morgan fingerprint density at radius 1 is 1.05 bits per heavy atom. The van der Waals surface area contributed by atoms with E-state index < -0.39 is 21.5 Å². The van der Waals surface area contributed by atoms with Crippen molar-refractivity contribution < 1.29 is 13.2 Å². The van der Waals surface area contributed by atoms with Gasteiger partial charge in [0.25, 0.3) is 0 Å². The minimum absolute atomic E-state index is 0.216. The predicted molar refractivity (Wildman–Crippen MR) is 87.8 cm³/mol. The molecule has 22 heavy (non-hydrogen) atoms. The molecule has 0 saturated carbocycles. The fraction of sp³-hybridized carbons (Fsp3) is 0.235. The van der Waals surface area contributed by atoms with Crippen LogP contribution in [-0.4, -0.2) is 27.1 Å². The number of para-hydroxylation sites is 1. The van der Waals surface area contributed by atoms with E-state index in [9.17, 15) is 13.2 Å². The molecule has 0 heterocycles. The number of rotatable bonds is 4. The van der Waals surface area contributed by atoms with Crippen LogP contribution in [0.15, 0.2) is 53.4 Å². The summed E-state index contributed by atoms with van der Waals surface area (Å²) in [6.07, 6.45) is 0. The largest absolute Gasteiger partial charge is 0.315 e. The number of amides is 1. The van der Waals surface area contributed by atoms with Crippen LogP contribution in [0.3, 0.4) is 0 Å². The SMILES string of the molecule is Cc1ccc(S(=O)(=O)CC(=O)N(C)c2ccccc2)c(C)c1. The lowest BCUT2D eigenvalue weighted by molar-refractivity contribution is -0.115. The quantitative estimate of drug-likeness (QED) is 0.871. The number of nitrogens with zero attached hydrogens (tertiary/aromatic N) is 1. The van der Waals surface area contributed by atoms with Gasteiger partial charge >= 0.3 is 0 Å². The van der Waals surface area contributed by atoms with Crippen molar-refractivity contribution >= 4 is 21.4 Å². The Hall–Kier alpha value is -2.14. The summed E-state index contributed by atoms with van der Waals surface area (Å²) in [6, 6.07) is 14.1. The van der Waals surface area contributed by atoms with Crippen molar-refractivity contribution in [3.8, 4) is 0 Å². The molecule has 0 bridgehead atoms. The Morgan fingerprint density at radius 2 is 1.68 bits per heavy atom. The van der Waals surface area contributed by atoms with E-state index in [4.69, 9.17) is 0 Å². The molecule has 0 N–H and O–H groups in total. The molecule has 116 valence electrons. The lowest BCUT2D eigenvalue weighted by Gasteiger charge is -2.17. The normalized spacial score (nSPS) is 11.2. The molecule has 1 amide bonds. The number of sulfone groups is 1. The van der Waals surface area contributed by atoms with Gasteiger partial charge in [-0.1, -0.05) is 35.9 Å². The summed E-state index contributed by atoms with van der Waals surface area (Å²) in [6.45, 7) is 3.64. The van der Waals surface area contributed by atoms with Crippen LogP contribution in [-0.2, 0) is 14.6 Å². The Labute approximate surface area is 131 Å². The van der Waals surface area contributed by atoms with Crippen molar-refractivity contribution in [2.75, 3.05) is 17.7 Å². The molecule has 0 aliphatic rings. The Bertz CT molecular complexity index is 783. The third-order valence-electron chi connectivity index (χ3n) is 3.50. The third kappa shape index (κ3) is 3.54. The molecule has 0 radical (unpaired) electrons. The standard InChI is InChI=1S/C17H19NO3S/c1-13-9-10-16(14(2)11-13)22(20,21)12-17(19)18(3)15-7-5-4-6-8-15/h4-11H,12H2,1-3H3. The van der Waals surface area contributed by atoms with E-state index in [0.717, 1.165) is 5.56 Å². The van der Waals surface area contributed by atoms with Gasteiger partial charge in [-0.2, -0.15) is 0 Å². The maximum absolute atomic E-state index is 12.5. The molecule has 0 atom stereocenters. The summed E-state index contributed by atoms with van der Waals surface area (Å²) < 4.78 is 24.9. The molecule has 0 aliphatic heterocycles. The topological polar surface area (TPSA) is 54.5 Å². The number of benzene rings is 2. The fourth-order valence-corrected chi connectivity index (χ4v) is 3.78. The highest BCUT2D eigenvalue weighted by Crippen LogP contribution is 2.19. The summed E-state index contributed by atoms with van der Waals surface area (Å²) in [7, 11) is -2.07. The Morgan fingerprint density at radius 3 is 2.27 bits per heavy atom. The number of aryl methyl sites for hydroxylation is 2. The molecule has 2 aromatic rings. The Balaban J connectivity index is 2.23. The second kappa shape index (κ2) is 6.32. The lowest BCUT2D eigenvalue weighted by Crippen LogP contribution is -2.32. The van der Waals surface area contributed by atoms with Crippen LogP contribution in [0.5, 0.6) is 0 Å². The molecule has 0 aliphatic carbocycles. The van der Waals surface area contributed by atoms with Crippen molar-refractivity contribution in [2.24, 2.45) is 0 Å². The van der Waals surface area contributed by atoms with Crippen LogP contribution >= 0.6 is 0 Å². The van der Waals surface area contributed by atoms with Crippen molar-refractivity contribution in [3.05, 3.63) is 59.7 Å². The van der Waals surface area contributed by atoms with Gasteiger partial charge in [-0.15, -0.1) is 0 Å². The second-order valence-electron chi connectivity index (χ2n) is 5.32. The molecule has 0 saturated heterocycles.